The van der Waals surface area contributed by atoms with Crippen molar-refractivity contribution in [3.63, 3.8) is 0 Å². The van der Waals surface area contributed by atoms with Crippen LogP contribution in [0.4, 0.5) is 5.82 Å². The molecule has 5 nitrogen and oxygen atoms in total. The first-order valence-electron chi connectivity index (χ1n) is 5.36. The number of nitrogens with zero attached hydrogens (tertiary/aromatic N) is 1. The normalized spacial score (nSPS) is 15.1. The first-order valence-corrected chi connectivity index (χ1v) is 8.65. The fourth-order valence-electron chi connectivity index (χ4n) is 1.46. The molecule has 0 aliphatic carbocycles. The van der Waals surface area contributed by atoms with E-state index in [1.54, 1.807) is 13.0 Å². The van der Waals surface area contributed by atoms with Crippen molar-refractivity contribution in [2.75, 3.05) is 30.1 Å². The number of aromatic nitrogens is 1. The largest absolute Gasteiger partial charge is 0.387 e. The molecule has 0 fully saturated rings. The van der Waals surface area contributed by atoms with Crippen molar-refractivity contribution >= 4 is 27.4 Å². The average Bonchev–Trinajstić information content (AvgIpc) is 2.26. The van der Waals surface area contributed by atoms with Crippen molar-refractivity contribution in [1.82, 2.24) is 4.98 Å². The molecule has 0 aliphatic rings. The number of hydrogen-bond donors (Lipinski definition) is 2. The Morgan fingerprint density at radius 1 is 1.56 bits per heavy atom. The molecule has 102 valence electrons. The van der Waals surface area contributed by atoms with Crippen LogP contribution in [0.15, 0.2) is 23.2 Å². The molecule has 0 amide bonds. The van der Waals surface area contributed by atoms with Gasteiger partial charge in [0.25, 0.3) is 0 Å². The van der Waals surface area contributed by atoms with Crippen LogP contribution in [0, 0.1) is 0 Å². The maximum absolute atomic E-state index is 11.6. The summed E-state index contributed by atoms with van der Waals surface area (Å²) in [5.41, 5.74) is -0.911. The standard InChI is InChI=1S/C11H18N2O3S2/c1-11(14,8-17-2)7-13-10-9(18(3,15)16)5-4-6-12-10/h4-6,14H,7-8H2,1-3H3,(H,12,13). The van der Waals surface area contributed by atoms with E-state index in [0.717, 1.165) is 6.26 Å². The van der Waals surface area contributed by atoms with Gasteiger partial charge in [-0.25, -0.2) is 13.4 Å². The Bertz CT molecular complexity index is 501. The van der Waals surface area contributed by atoms with E-state index >= 15 is 0 Å². The van der Waals surface area contributed by atoms with Gasteiger partial charge >= 0.3 is 0 Å². The topological polar surface area (TPSA) is 79.3 Å². The number of hydrogen-bond acceptors (Lipinski definition) is 6. The number of anilines is 1. The van der Waals surface area contributed by atoms with E-state index < -0.39 is 15.4 Å². The molecule has 1 aromatic rings. The minimum Gasteiger partial charge on any atom is -0.387 e. The van der Waals surface area contributed by atoms with Gasteiger partial charge < -0.3 is 10.4 Å². The molecule has 1 unspecified atom stereocenters. The van der Waals surface area contributed by atoms with Crippen LogP contribution < -0.4 is 5.32 Å². The molecule has 0 radical (unpaired) electrons. The first-order chi connectivity index (χ1) is 8.26. The lowest BCUT2D eigenvalue weighted by Crippen LogP contribution is -2.36. The van der Waals surface area contributed by atoms with Gasteiger partial charge in [0.05, 0.1) is 5.60 Å². The zero-order valence-corrected chi connectivity index (χ0v) is 12.3. The summed E-state index contributed by atoms with van der Waals surface area (Å²) in [5.74, 6) is 0.836. The Labute approximate surface area is 112 Å². The summed E-state index contributed by atoms with van der Waals surface area (Å²) < 4.78 is 23.1. The van der Waals surface area contributed by atoms with Crippen LogP contribution in [0.3, 0.4) is 0 Å². The monoisotopic (exact) mass is 290 g/mol. The molecule has 0 spiro atoms. The maximum atomic E-state index is 11.6. The number of nitrogens with one attached hydrogen (secondary N) is 1. The predicted molar refractivity (Wildman–Crippen MR) is 74.8 cm³/mol. The van der Waals surface area contributed by atoms with E-state index in [1.807, 2.05) is 6.26 Å². The van der Waals surface area contributed by atoms with Crippen molar-refractivity contribution < 1.29 is 13.5 Å². The van der Waals surface area contributed by atoms with Crippen LogP contribution in [-0.4, -0.2) is 48.9 Å². The smallest absolute Gasteiger partial charge is 0.179 e. The highest BCUT2D eigenvalue weighted by Crippen LogP contribution is 2.19. The fourth-order valence-corrected chi connectivity index (χ4v) is 2.98. The summed E-state index contributed by atoms with van der Waals surface area (Å²) in [6, 6.07) is 3.07. The number of sulfone groups is 1. The number of pyridine rings is 1. The molecule has 0 bridgehead atoms. The molecular weight excluding hydrogens is 272 g/mol. The molecule has 0 aromatic carbocycles. The third-order valence-corrected chi connectivity index (χ3v) is 4.30. The molecule has 1 rings (SSSR count). The third kappa shape index (κ3) is 4.47. The lowest BCUT2D eigenvalue weighted by molar-refractivity contribution is 0.0995. The molecule has 1 aromatic heterocycles. The maximum Gasteiger partial charge on any atom is 0.179 e. The summed E-state index contributed by atoms with van der Waals surface area (Å²) in [4.78, 5) is 4.14. The van der Waals surface area contributed by atoms with Gasteiger partial charge in [-0.1, -0.05) is 0 Å². The molecule has 18 heavy (non-hydrogen) atoms. The van der Waals surface area contributed by atoms with Crippen molar-refractivity contribution in [3.05, 3.63) is 18.3 Å². The highest BCUT2D eigenvalue weighted by Gasteiger charge is 2.21. The van der Waals surface area contributed by atoms with Gasteiger partial charge in [-0.2, -0.15) is 11.8 Å². The Kier molecular flexibility index (Phi) is 5.01. The summed E-state index contributed by atoms with van der Waals surface area (Å²) in [7, 11) is -3.33. The summed E-state index contributed by atoms with van der Waals surface area (Å²) in [6.45, 7) is 1.94. The summed E-state index contributed by atoms with van der Waals surface area (Å²) >= 11 is 1.52. The highest BCUT2D eigenvalue weighted by molar-refractivity contribution is 7.98. The number of aliphatic hydroxyl groups is 1. The Hall–Kier alpha value is -0.790. The van der Waals surface area contributed by atoms with E-state index in [2.05, 4.69) is 10.3 Å². The van der Waals surface area contributed by atoms with Gasteiger partial charge in [-0.05, 0) is 25.3 Å². The summed E-state index contributed by atoms with van der Waals surface area (Å²) in [6.07, 6.45) is 4.55. The van der Waals surface area contributed by atoms with Gasteiger partial charge in [0.2, 0.25) is 0 Å². The molecule has 2 N–H and O–H groups in total. The van der Waals surface area contributed by atoms with Gasteiger partial charge in [0, 0.05) is 24.8 Å². The first kappa shape index (κ1) is 15.3. The fraction of sp³-hybridized carbons (Fsp3) is 0.545. The third-order valence-electron chi connectivity index (χ3n) is 2.26. The van der Waals surface area contributed by atoms with Crippen molar-refractivity contribution in [2.45, 2.75) is 17.4 Å². The SMILES string of the molecule is CSCC(C)(O)CNc1ncccc1S(C)(=O)=O. The van der Waals surface area contributed by atoms with Crippen LogP contribution >= 0.6 is 11.8 Å². The van der Waals surface area contributed by atoms with Crippen LogP contribution in [0.1, 0.15) is 6.92 Å². The second-order valence-electron chi connectivity index (χ2n) is 4.41. The highest BCUT2D eigenvalue weighted by atomic mass is 32.2. The second-order valence-corrected chi connectivity index (χ2v) is 7.26. The number of thioether (sulfide) groups is 1. The van der Waals surface area contributed by atoms with Crippen LogP contribution in [-0.2, 0) is 9.84 Å². The Balaban J connectivity index is 2.86. The average molecular weight is 290 g/mol. The van der Waals surface area contributed by atoms with Crippen LogP contribution in [0.25, 0.3) is 0 Å². The molecule has 1 heterocycles. The zero-order valence-electron chi connectivity index (χ0n) is 10.7. The lowest BCUT2D eigenvalue weighted by Gasteiger charge is -2.23. The van der Waals surface area contributed by atoms with Gasteiger partial charge in [-0.3, -0.25) is 0 Å². The summed E-state index contributed by atoms with van der Waals surface area (Å²) in [5, 5.41) is 12.9. The van der Waals surface area contributed by atoms with Crippen LogP contribution in [0.5, 0.6) is 0 Å². The molecule has 0 aliphatic heterocycles. The molecule has 1 atom stereocenters. The zero-order chi connectivity index (χ0) is 13.8. The van der Waals surface area contributed by atoms with E-state index in [9.17, 15) is 13.5 Å². The van der Waals surface area contributed by atoms with Crippen molar-refractivity contribution in [1.29, 1.82) is 0 Å². The molecule has 0 saturated heterocycles. The van der Waals surface area contributed by atoms with E-state index in [4.69, 9.17) is 0 Å². The van der Waals surface area contributed by atoms with Gasteiger partial charge in [0.1, 0.15) is 10.7 Å². The van der Waals surface area contributed by atoms with Crippen molar-refractivity contribution in [2.24, 2.45) is 0 Å². The van der Waals surface area contributed by atoms with Gasteiger partial charge in [0.15, 0.2) is 9.84 Å². The minimum atomic E-state index is -3.33. The molecule has 0 saturated carbocycles. The van der Waals surface area contributed by atoms with E-state index in [-0.39, 0.29) is 17.3 Å². The van der Waals surface area contributed by atoms with Crippen LogP contribution in [0.2, 0.25) is 0 Å². The Morgan fingerprint density at radius 3 is 2.78 bits per heavy atom. The quantitative estimate of drug-likeness (QED) is 0.814. The van der Waals surface area contributed by atoms with Gasteiger partial charge in [-0.15, -0.1) is 0 Å². The van der Waals surface area contributed by atoms with E-state index in [1.165, 1.54) is 24.0 Å². The molecular formula is C11H18N2O3S2. The predicted octanol–water partition coefficient (Wildman–Crippen LogP) is 1.01. The molecule has 7 heteroatoms. The van der Waals surface area contributed by atoms with E-state index in [0.29, 0.717) is 5.75 Å². The lowest BCUT2D eigenvalue weighted by atomic mass is 10.1. The Morgan fingerprint density at radius 2 is 2.22 bits per heavy atom. The second kappa shape index (κ2) is 5.90. The number of rotatable bonds is 6. The van der Waals surface area contributed by atoms with Crippen molar-refractivity contribution in [3.8, 4) is 0 Å². The minimum absolute atomic E-state index is 0.143.